The van der Waals surface area contributed by atoms with Crippen molar-refractivity contribution in [3.05, 3.63) is 12.7 Å². The minimum atomic E-state index is 0.474. The van der Waals surface area contributed by atoms with E-state index in [1.807, 2.05) is 4.57 Å². The highest BCUT2D eigenvalue weighted by Crippen LogP contribution is 2.05. The Morgan fingerprint density at radius 2 is 1.80 bits per heavy atom. The number of nitrogens with one attached hydrogen (secondary N) is 1. The zero-order valence-corrected chi connectivity index (χ0v) is 9.98. The lowest BCUT2D eigenvalue weighted by Gasteiger charge is -2.18. The number of nitrogens with zero attached hydrogens (tertiary/aromatic N) is 3. The zero-order valence-electron chi connectivity index (χ0n) is 9.98. The number of rotatable bonds is 7. The average molecular weight is 210 g/mol. The van der Waals surface area contributed by atoms with Gasteiger partial charge in [0.1, 0.15) is 12.7 Å². The molecule has 0 aliphatic carbocycles. The molecule has 1 N–H and O–H groups in total. The second kappa shape index (κ2) is 6.56. The Balaban J connectivity index is 2.21. The van der Waals surface area contributed by atoms with Crippen LogP contribution in [0.15, 0.2) is 12.7 Å². The van der Waals surface area contributed by atoms with Gasteiger partial charge < -0.3 is 9.88 Å². The Labute approximate surface area is 92.1 Å². The summed E-state index contributed by atoms with van der Waals surface area (Å²) in [5.41, 5.74) is 0. The number of hydrogen-bond acceptors (Lipinski definition) is 3. The highest BCUT2D eigenvalue weighted by molar-refractivity contribution is 4.69. The van der Waals surface area contributed by atoms with E-state index < -0.39 is 0 Å². The molecule has 15 heavy (non-hydrogen) atoms. The molecule has 0 radical (unpaired) electrons. The molecule has 0 saturated carbocycles. The molecule has 0 bridgehead atoms. The maximum Gasteiger partial charge on any atom is 0.119 e. The standard InChI is InChI=1S/C11H22N4/c1-4-11(5-2)6-12-10(3)7-15-8-13-14-9-15/h8-12H,4-7H2,1-3H3. The lowest BCUT2D eigenvalue weighted by atomic mass is 10.0. The van der Waals surface area contributed by atoms with E-state index in [9.17, 15) is 0 Å². The van der Waals surface area contributed by atoms with Gasteiger partial charge in [0.2, 0.25) is 0 Å². The quantitative estimate of drug-likeness (QED) is 0.744. The van der Waals surface area contributed by atoms with Gasteiger partial charge in [-0.2, -0.15) is 0 Å². The van der Waals surface area contributed by atoms with Gasteiger partial charge in [-0.15, -0.1) is 10.2 Å². The van der Waals surface area contributed by atoms with Crippen molar-refractivity contribution in [2.24, 2.45) is 5.92 Å². The molecular weight excluding hydrogens is 188 g/mol. The average Bonchev–Trinajstić information content (AvgIpc) is 2.72. The van der Waals surface area contributed by atoms with Crippen molar-refractivity contribution in [3.8, 4) is 0 Å². The molecular formula is C11H22N4. The van der Waals surface area contributed by atoms with E-state index in [4.69, 9.17) is 0 Å². The van der Waals surface area contributed by atoms with Crippen LogP contribution in [0.1, 0.15) is 33.6 Å². The molecule has 0 amide bonds. The van der Waals surface area contributed by atoms with Crippen LogP contribution in [0.3, 0.4) is 0 Å². The van der Waals surface area contributed by atoms with Crippen molar-refractivity contribution in [2.45, 2.75) is 46.2 Å². The molecule has 0 saturated heterocycles. The smallest absolute Gasteiger partial charge is 0.119 e. The Morgan fingerprint density at radius 3 is 2.33 bits per heavy atom. The fourth-order valence-electron chi connectivity index (χ4n) is 1.64. The molecule has 1 heterocycles. The Hall–Kier alpha value is -0.900. The van der Waals surface area contributed by atoms with Gasteiger partial charge in [-0.05, 0) is 19.4 Å². The molecule has 0 fully saturated rings. The normalized spacial score (nSPS) is 13.3. The maximum absolute atomic E-state index is 3.79. The van der Waals surface area contributed by atoms with Crippen LogP contribution in [0.25, 0.3) is 0 Å². The molecule has 0 aliphatic heterocycles. The van der Waals surface area contributed by atoms with Gasteiger partial charge in [-0.1, -0.05) is 26.7 Å². The third-order valence-corrected chi connectivity index (χ3v) is 2.86. The van der Waals surface area contributed by atoms with Crippen molar-refractivity contribution < 1.29 is 0 Å². The van der Waals surface area contributed by atoms with E-state index in [1.54, 1.807) is 12.7 Å². The molecule has 1 unspecified atom stereocenters. The summed E-state index contributed by atoms with van der Waals surface area (Å²) in [6.07, 6.45) is 6.02. The van der Waals surface area contributed by atoms with Crippen LogP contribution in [0.5, 0.6) is 0 Å². The van der Waals surface area contributed by atoms with E-state index >= 15 is 0 Å². The van der Waals surface area contributed by atoms with Crippen LogP contribution < -0.4 is 5.32 Å². The molecule has 4 heteroatoms. The van der Waals surface area contributed by atoms with Gasteiger partial charge >= 0.3 is 0 Å². The molecule has 4 nitrogen and oxygen atoms in total. The highest BCUT2D eigenvalue weighted by atomic mass is 15.2. The summed E-state index contributed by atoms with van der Waals surface area (Å²) in [5.74, 6) is 0.799. The van der Waals surface area contributed by atoms with Crippen LogP contribution in [-0.4, -0.2) is 27.4 Å². The van der Waals surface area contributed by atoms with Crippen LogP contribution >= 0.6 is 0 Å². The third kappa shape index (κ3) is 4.42. The summed E-state index contributed by atoms with van der Waals surface area (Å²) in [4.78, 5) is 0. The van der Waals surface area contributed by atoms with Gasteiger partial charge in [0.15, 0.2) is 0 Å². The van der Waals surface area contributed by atoms with Crippen LogP contribution in [-0.2, 0) is 6.54 Å². The minimum absolute atomic E-state index is 0.474. The maximum atomic E-state index is 3.79. The molecule has 0 aliphatic rings. The van der Waals surface area contributed by atoms with Crippen molar-refractivity contribution in [2.75, 3.05) is 6.54 Å². The zero-order chi connectivity index (χ0) is 11.1. The van der Waals surface area contributed by atoms with Crippen molar-refractivity contribution in [1.29, 1.82) is 0 Å². The third-order valence-electron chi connectivity index (χ3n) is 2.86. The van der Waals surface area contributed by atoms with Crippen LogP contribution in [0, 0.1) is 5.92 Å². The molecule has 1 atom stereocenters. The summed E-state index contributed by atoms with van der Waals surface area (Å²) >= 11 is 0. The van der Waals surface area contributed by atoms with E-state index in [0.29, 0.717) is 6.04 Å². The lowest BCUT2D eigenvalue weighted by Crippen LogP contribution is -2.33. The fourth-order valence-corrected chi connectivity index (χ4v) is 1.64. The second-order valence-corrected chi connectivity index (χ2v) is 4.15. The van der Waals surface area contributed by atoms with E-state index in [0.717, 1.165) is 19.0 Å². The predicted octanol–water partition coefficient (Wildman–Crippen LogP) is 1.69. The number of hydrogen-bond donors (Lipinski definition) is 1. The van der Waals surface area contributed by atoms with Gasteiger partial charge in [0, 0.05) is 12.6 Å². The number of aromatic nitrogens is 3. The Kier molecular flexibility index (Phi) is 5.32. The van der Waals surface area contributed by atoms with Crippen molar-refractivity contribution in [3.63, 3.8) is 0 Å². The predicted molar refractivity (Wildman–Crippen MR) is 61.6 cm³/mol. The lowest BCUT2D eigenvalue weighted by molar-refractivity contribution is 0.395. The van der Waals surface area contributed by atoms with E-state index in [-0.39, 0.29) is 0 Å². The van der Waals surface area contributed by atoms with Crippen molar-refractivity contribution in [1.82, 2.24) is 20.1 Å². The van der Waals surface area contributed by atoms with E-state index in [1.165, 1.54) is 12.8 Å². The SMILES string of the molecule is CCC(CC)CNC(C)Cn1cnnc1. The summed E-state index contributed by atoms with van der Waals surface area (Å²) in [6, 6.07) is 0.474. The van der Waals surface area contributed by atoms with Gasteiger partial charge in [-0.3, -0.25) is 0 Å². The second-order valence-electron chi connectivity index (χ2n) is 4.15. The molecule has 0 spiro atoms. The topological polar surface area (TPSA) is 42.7 Å². The molecule has 86 valence electrons. The van der Waals surface area contributed by atoms with Crippen LogP contribution in [0.4, 0.5) is 0 Å². The molecule has 1 aromatic rings. The van der Waals surface area contributed by atoms with Gasteiger partial charge in [0.25, 0.3) is 0 Å². The highest BCUT2D eigenvalue weighted by Gasteiger charge is 2.06. The molecule has 1 rings (SSSR count). The largest absolute Gasteiger partial charge is 0.319 e. The first-order valence-electron chi connectivity index (χ1n) is 5.82. The molecule has 0 aromatic carbocycles. The minimum Gasteiger partial charge on any atom is -0.319 e. The summed E-state index contributed by atoms with van der Waals surface area (Å²) in [6.45, 7) is 8.74. The first kappa shape index (κ1) is 12.2. The van der Waals surface area contributed by atoms with Gasteiger partial charge in [-0.25, -0.2) is 0 Å². The monoisotopic (exact) mass is 210 g/mol. The first-order chi connectivity index (χ1) is 7.26. The van der Waals surface area contributed by atoms with Gasteiger partial charge in [0.05, 0.1) is 0 Å². The first-order valence-corrected chi connectivity index (χ1v) is 5.82. The molecule has 1 aromatic heterocycles. The van der Waals surface area contributed by atoms with Crippen LogP contribution in [0.2, 0.25) is 0 Å². The summed E-state index contributed by atoms with van der Waals surface area (Å²) < 4.78 is 2.00. The summed E-state index contributed by atoms with van der Waals surface area (Å²) in [7, 11) is 0. The Bertz CT molecular complexity index is 241. The van der Waals surface area contributed by atoms with Crippen molar-refractivity contribution >= 4 is 0 Å². The van der Waals surface area contributed by atoms with E-state index in [2.05, 4.69) is 36.3 Å². The summed E-state index contributed by atoms with van der Waals surface area (Å²) in [5, 5.41) is 11.1. The Morgan fingerprint density at radius 1 is 1.20 bits per heavy atom. The fraction of sp³-hybridized carbons (Fsp3) is 0.818.